The summed E-state index contributed by atoms with van der Waals surface area (Å²) in [5, 5.41) is 3.59. The third kappa shape index (κ3) is 4.10. The summed E-state index contributed by atoms with van der Waals surface area (Å²) in [5.41, 5.74) is 2.85. The highest BCUT2D eigenvalue weighted by atomic mass is 15.2. The minimum atomic E-state index is 0.556. The quantitative estimate of drug-likeness (QED) is 0.618. The Morgan fingerprint density at radius 2 is 2.16 bits per heavy atom. The van der Waals surface area contributed by atoms with E-state index in [0.717, 1.165) is 19.5 Å². The zero-order valence-corrected chi connectivity index (χ0v) is 12.1. The first-order chi connectivity index (χ1) is 9.31. The van der Waals surface area contributed by atoms with E-state index in [-0.39, 0.29) is 0 Å². The molecule has 1 aliphatic rings. The number of para-hydroxylation sites is 1. The van der Waals surface area contributed by atoms with Crippen molar-refractivity contribution >= 4 is 5.69 Å². The third-order valence-corrected chi connectivity index (χ3v) is 3.80. The van der Waals surface area contributed by atoms with Crippen molar-refractivity contribution in [2.45, 2.75) is 45.2 Å². The second kappa shape index (κ2) is 7.34. The van der Waals surface area contributed by atoms with Crippen LogP contribution in [-0.4, -0.2) is 19.1 Å². The van der Waals surface area contributed by atoms with Gasteiger partial charge in [0.15, 0.2) is 0 Å². The van der Waals surface area contributed by atoms with E-state index in [1.165, 1.54) is 37.1 Å². The minimum absolute atomic E-state index is 0.556. The normalized spacial score (nSPS) is 18.8. The second-order valence-corrected chi connectivity index (χ2v) is 5.49. The summed E-state index contributed by atoms with van der Waals surface area (Å²) in [4.78, 5) is 2.55. The standard InChI is InChI=1S/C17H26N2/c1-3-4-5-6-9-12-19-14-15(2)18-13-16-10-7-8-11-17(16)19/h3,7-8,10-11,15,18H,1,4-6,9,12-14H2,2H3. The Morgan fingerprint density at radius 3 is 3.00 bits per heavy atom. The summed E-state index contributed by atoms with van der Waals surface area (Å²) in [7, 11) is 0. The van der Waals surface area contributed by atoms with Crippen LogP contribution in [0.3, 0.4) is 0 Å². The van der Waals surface area contributed by atoms with Gasteiger partial charge in [-0.1, -0.05) is 30.7 Å². The van der Waals surface area contributed by atoms with E-state index < -0.39 is 0 Å². The molecular formula is C17H26N2. The number of unbranched alkanes of at least 4 members (excludes halogenated alkanes) is 3. The Balaban J connectivity index is 1.95. The molecule has 2 nitrogen and oxygen atoms in total. The Hall–Kier alpha value is -1.28. The topological polar surface area (TPSA) is 15.3 Å². The van der Waals surface area contributed by atoms with E-state index in [1.54, 1.807) is 0 Å². The van der Waals surface area contributed by atoms with Crippen LogP contribution in [0.1, 0.15) is 38.2 Å². The summed E-state index contributed by atoms with van der Waals surface area (Å²) < 4.78 is 0. The monoisotopic (exact) mass is 258 g/mol. The molecule has 1 unspecified atom stereocenters. The molecule has 1 atom stereocenters. The minimum Gasteiger partial charge on any atom is -0.370 e. The predicted octanol–water partition coefficient (Wildman–Crippen LogP) is 3.73. The number of benzene rings is 1. The van der Waals surface area contributed by atoms with Crippen molar-refractivity contribution in [1.29, 1.82) is 0 Å². The average Bonchev–Trinajstić information content (AvgIpc) is 2.59. The molecule has 1 N–H and O–H groups in total. The summed E-state index contributed by atoms with van der Waals surface area (Å²) in [5.74, 6) is 0. The highest BCUT2D eigenvalue weighted by molar-refractivity contribution is 5.54. The first kappa shape index (κ1) is 14.1. The maximum Gasteiger partial charge on any atom is 0.0412 e. The van der Waals surface area contributed by atoms with Gasteiger partial charge in [-0.05, 0) is 37.8 Å². The molecule has 0 amide bonds. The largest absolute Gasteiger partial charge is 0.370 e. The number of allylic oxidation sites excluding steroid dienone is 1. The summed E-state index contributed by atoms with van der Waals surface area (Å²) >= 11 is 0. The van der Waals surface area contributed by atoms with Gasteiger partial charge in [0.25, 0.3) is 0 Å². The van der Waals surface area contributed by atoms with Gasteiger partial charge in [0.1, 0.15) is 0 Å². The number of nitrogens with one attached hydrogen (secondary N) is 1. The molecule has 104 valence electrons. The number of rotatable bonds is 6. The van der Waals surface area contributed by atoms with Crippen LogP contribution in [0.2, 0.25) is 0 Å². The molecular weight excluding hydrogens is 232 g/mol. The molecule has 19 heavy (non-hydrogen) atoms. The van der Waals surface area contributed by atoms with Crippen molar-refractivity contribution in [3.05, 3.63) is 42.5 Å². The zero-order valence-electron chi connectivity index (χ0n) is 12.1. The van der Waals surface area contributed by atoms with Crippen molar-refractivity contribution in [3.63, 3.8) is 0 Å². The molecule has 0 bridgehead atoms. The molecule has 1 aromatic carbocycles. The van der Waals surface area contributed by atoms with Gasteiger partial charge in [-0.3, -0.25) is 0 Å². The van der Waals surface area contributed by atoms with Crippen LogP contribution in [0.15, 0.2) is 36.9 Å². The van der Waals surface area contributed by atoms with Crippen molar-refractivity contribution in [3.8, 4) is 0 Å². The number of anilines is 1. The fourth-order valence-electron chi connectivity index (χ4n) is 2.73. The third-order valence-electron chi connectivity index (χ3n) is 3.80. The first-order valence-electron chi connectivity index (χ1n) is 7.48. The molecule has 2 rings (SSSR count). The van der Waals surface area contributed by atoms with E-state index in [4.69, 9.17) is 0 Å². The Bertz CT molecular complexity index is 400. The molecule has 0 spiro atoms. The van der Waals surface area contributed by atoms with Crippen LogP contribution in [0.25, 0.3) is 0 Å². The van der Waals surface area contributed by atoms with Crippen molar-refractivity contribution < 1.29 is 0 Å². The lowest BCUT2D eigenvalue weighted by atomic mass is 10.1. The van der Waals surface area contributed by atoms with Gasteiger partial charge < -0.3 is 10.2 Å². The molecule has 0 aromatic heterocycles. The number of hydrogen-bond acceptors (Lipinski definition) is 2. The SMILES string of the molecule is C=CCCCCCN1CC(C)NCc2ccccc21. The molecule has 0 aliphatic carbocycles. The Kier molecular flexibility index (Phi) is 5.46. The molecule has 0 saturated carbocycles. The number of hydrogen-bond donors (Lipinski definition) is 1. The van der Waals surface area contributed by atoms with Crippen LogP contribution < -0.4 is 10.2 Å². The van der Waals surface area contributed by atoms with Gasteiger partial charge in [0.2, 0.25) is 0 Å². The van der Waals surface area contributed by atoms with Crippen LogP contribution >= 0.6 is 0 Å². The molecule has 1 aromatic rings. The Labute approximate surface area is 117 Å². The van der Waals surface area contributed by atoms with Gasteiger partial charge in [-0.25, -0.2) is 0 Å². The van der Waals surface area contributed by atoms with E-state index >= 15 is 0 Å². The predicted molar refractivity (Wildman–Crippen MR) is 83.6 cm³/mol. The van der Waals surface area contributed by atoms with E-state index in [1.807, 2.05) is 6.08 Å². The molecule has 0 radical (unpaired) electrons. The van der Waals surface area contributed by atoms with Crippen molar-refractivity contribution in [2.75, 3.05) is 18.0 Å². The molecule has 1 heterocycles. The fourth-order valence-corrected chi connectivity index (χ4v) is 2.73. The van der Waals surface area contributed by atoms with E-state index in [9.17, 15) is 0 Å². The lowest BCUT2D eigenvalue weighted by molar-refractivity contribution is 0.545. The summed E-state index contributed by atoms with van der Waals surface area (Å²) in [6.07, 6.45) is 7.01. The zero-order chi connectivity index (χ0) is 13.5. The molecule has 0 saturated heterocycles. The molecule has 1 aliphatic heterocycles. The van der Waals surface area contributed by atoms with E-state index in [0.29, 0.717) is 6.04 Å². The van der Waals surface area contributed by atoms with Crippen LogP contribution in [0, 0.1) is 0 Å². The Morgan fingerprint density at radius 1 is 1.32 bits per heavy atom. The van der Waals surface area contributed by atoms with Crippen molar-refractivity contribution in [2.24, 2.45) is 0 Å². The van der Waals surface area contributed by atoms with Gasteiger partial charge in [0, 0.05) is 31.4 Å². The maximum atomic E-state index is 3.78. The first-order valence-corrected chi connectivity index (χ1v) is 7.48. The van der Waals surface area contributed by atoms with Crippen LogP contribution in [0.5, 0.6) is 0 Å². The second-order valence-electron chi connectivity index (χ2n) is 5.49. The summed E-state index contributed by atoms with van der Waals surface area (Å²) in [6.45, 7) is 9.32. The lowest BCUT2D eigenvalue weighted by Gasteiger charge is -2.26. The molecule has 2 heteroatoms. The number of nitrogens with zero attached hydrogens (tertiary/aromatic N) is 1. The van der Waals surface area contributed by atoms with Crippen LogP contribution in [0.4, 0.5) is 5.69 Å². The number of fused-ring (bicyclic) bond motifs is 1. The van der Waals surface area contributed by atoms with Gasteiger partial charge in [0.05, 0.1) is 0 Å². The average molecular weight is 258 g/mol. The lowest BCUT2D eigenvalue weighted by Crippen LogP contribution is -2.36. The molecule has 0 fully saturated rings. The summed E-state index contributed by atoms with van der Waals surface area (Å²) in [6, 6.07) is 9.35. The van der Waals surface area contributed by atoms with Gasteiger partial charge >= 0.3 is 0 Å². The van der Waals surface area contributed by atoms with Crippen LogP contribution in [-0.2, 0) is 6.54 Å². The highest BCUT2D eigenvalue weighted by Gasteiger charge is 2.17. The highest BCUT2D eigenvalue weighted by Crippen LogP contribution is 2.23. The van der Waals surface area contributed by atoms with Crippen molar-refractivity contribution in [1.82, 2.24) is 5.32 Å². The van der Waals surface area contributed by atoms with E-state index in [2.05, 4.69) is 48.0 Å². The van der Waals surface area contributed by atoms with Gasteiger partial charge in [-0.15, -0.1) is 6.58 Å². The smallest absolute Gasteiger partial charge is 0.0412 e. The maximum absolute atomic E-state index is 3.78. The fraction of sp³-hybridized carbons (Fsp3) is 0.529. The van der Waals surface area contributed by atoms with Gasteiger partial charge in [-0.2, -0.15) is 0 Å².